The number of ether oxygens (including phenoxy) is 1. The van der Waals surface area contributed by atoms with E-state index >= 15 is 0 Å². The van der Waals surface area contributed by atoms with Gasteiger partial charge in [0.05, 0.1) is 12.8 Å². The predicted molar refractivity (Wildman–Crippen MR) is 96.5 cm³/mol. The third-order valence-corrected chi connectivity index (χ3v) is 3.85. The largest absolute Gasteiger partial charge is 0.497 e. The van der Waals surface area contributed by atoms with Crippen LogP contribution in [-0.2, 0) is 6.42 Å². The molecule has 0 aromatic heterocycles. The Labute approximate surface area is 146 Å². The summed E-state index contributed by atoms with van der Waals surface area (Å²) in [6.45, 7) is 0.474. The van der Waals surface area contributed by atoms with Gasteiger partial charge in [0.15, 0.2) is 0 Å². The number of rotatable bonds is 6. The molecule has 0 saturated heterocycles. The van der Waals surface area contributed by atoms with E-state index in [2.05, 4.69) is 18.1 Å². The maximum Gasteiger partial charge on any atom is 0.331 e. The van der Waals surface area contributed by atoms with Crippen molar-refractivity contribution in [2.45, 2.75) is 6.42 Å². The second kappa shape index (κ2) is 8.26. The summed E-state index contributed by atoms with van der Waals surface area (Å²) in [5.74, 6) is 0.278. The summed E-state index contributed by atoms with van der Waals surface area (Å²) in [5, 5.41) is 2.78. The quantitative estimate of drug-likeness (QED) is 0.703. The third kappa shape index (κ3) is 4.66. The topological polar surface area (TPSA) is 84.7 Å². The molecular formula is C17H19N3O3S. The molecule has 2 aromatic carbocycles. The van der Waals surface area contributed by atoms with E-state index in [4.69, 9.17) is 10.5 Å². The molecule has 0 spiro atoms. The highest BCUT2D eigenvalue weighted by Crippen LogP contribution is 2.17. The fourth-order valence-electron chi connectivity index (χ4n) is 2.07. The van der Waals surface area contributed by atoms with Crippen LogP contribution >= 0.6 is 12.8 Å². The number of carbonyl (C=O) groups is 2. The van der Waals surface area contributed by atoms with Crippen LogP contribution in [0.5, 0.6) is 5.75 Å². The van der Waals surface area contributed by atoms with E-state index in [9.17, 15) is 9.59 Å². The second-order valence-electron chi connectivity index (χ2n) is 5.05. The number of nitrogens with zero attached hydrogens (tertiary/aromatic N) is 1. The zero-order valence-corrected chi connectivity index (χ0v) is 14.1. The Bertz CT molecular complexity index is 702. The average Bonchev–Trinajstić information content (AvgIpc) is 2.61. The molecular weight excluding hydrogens is 326 g/mol. The van der Waals surface area contributed by atoms with Gasteiger partial charge in [-0.05, 0) is 48.4 Å². The molecule has 0 aliphatic heterocycles. The molecule has 0 fully saturated rings. The third-order valence-electron chi connectivity index (χ3n) is 3.44. The van der Waals surface area contributed by atoms with Crippen molar-refractivity contribution in [1.82, 2.24) is 5.32 Å². The van der Waals surface area contributed by atoms with Gasteiger partial charge in [-0.1, -0.05) is 24.9 Å². The number of nitrogens with one attached hydrogen (secondary N) is 1. The summed E-state index contributed by atoms with van der Waals surface area (Å²) in [4.78, 5) is 23.1. The average molecular weight is 345 g/mol. The highest BCUT2D eigenvalue weighted by molar-refractivity contribution is 7.82. The molecule has 126 valence electrons. The lowest BCUT2D eigenvalue weighted by Gasteiger charge is -2.16. The molecule has 0 atom stereocenters. The molecule has 6 nitrogen and oxygen atoms in total. The summed E-state index contributed by atoms with van der Waals surface area (Å²) >= 11 is 4.18. The van der Waals surface area contributed by atoms with E-state index in [1.807, 2.05) is 24.3 Å². The molecule has 0 radical (unpaired) electrons. The molecule has 2 rings (SSSR count). The molecule has 0 bridgehead atoms. The first kappa shape index (κ1) is 17.7. The number of nitrogens with two attached hydrogens (primary N) is 1. The van der Waals surface area contributed by atoms with Gasteiger partial charge < -0.3 is 15.8 Å². The van der Waals surface area contributed by atoms with Gasteiger partial charge in [0, 0.05) is 12.1 Å². The molecule has 0 saturated carbocycles. The Morgan fingerprint density at radius 2 is 1.75 bits per heavy atom. The number of benzene rings is 2. The van der Waals surface area contributed by atoms with Gasteiger partial charge in [0.2, 0.25) is 5.91 Å². The Kier molecular flexibility index (Phi) is 6.08. The minimum atomic E-state index is -0.517. The lowest BCUT2D eigenvalue weighted by molar-refractivity contribution is 0.100. The minimum Gasteiger partial charge on any atom is -0.497 e. The Morgan fingerprint density at radius 3 is 2.29 bits per heavy atom. The fraction of sp³-hybridized carbons (Fsp3) is 0.176. The number of urea groups is 1. The van der Waals surface area contributed by atoms with Crippen LogP contribution in [0.1, 0.15) is 15.9 Å². The van der Waals surface area contributed by atoms with Crippen LogP contribution in [0.15, 0.2) is 48.5 Å². The second-order valence-corrected chi connectivity index (χ2v) is 5.45. The molecule has 2 aromatic rings. The number of hydrogen-bond donors (Lipinski definition) is 3. The van der Waals surface area contributed by atoms with Crippen molar-refractivity contribution in [2.75, 3.05) is 18.0 Å². The smallest absolute Gasteiger partial charge is 0.331 e. The SMILES string of the molecule is COc1ccc(CCNC(=O)N(S)c2ccc(C(N)=O)cc2)cc1. The van der Waals surface area contributed by atoms with E-state index in [0.29, 0.717) is 24.2 Å². The molecule has 0 aliphatic carbocycles. The monoisotopic (exact) mass is 345 g/mol. The van der Waals surface area contributed by atoms with E-state index < -0.39 is 5.91 Å². The van der Waals surface area contributed by atoms with Gasteiger partial charge in [-0.3, -0.25) is 4.79 Å². The first-order valence-corrected chi connectivity index (χ1v) is 7.71. The lowest BCUT2D eigenvalue weighted by atomic mass is 10.1. The Hall–Kier alpha value is -2.67. The van der Waals surface area contributed by atoms with Crippen LogP contribution in [0, 0.1) is 0 Å². The highest BCUT2D eigenvalue weighted by Gasteiger charge is 2.12. The maximum atomic E-state index is 12.1. The van der Waals surface area contributed by atoms with Gasteiger partial charge in [0.25, 0.3) is 0 Å². The number of hydrogen-bond acceptors (Lipinski definition) is 4. The van der Waals surface area contributed by atoms with Crippen LogP contribution in [-0.4, -0.2) is 25.6 Å². The predicted octanol–water partition coefficient (Wildman–Crippen LogP) is 2.40. The van der Waals surface area contributed by atoms with Crippen LogP contribution in [0.4, 0.5) is 10.5 Å². The van der Waals surface area contributed by atoms with Crippen molar-refractivity contribution in [1.29, 1.82) is 0 Å². The summed E-state index contributed by atoms with van der Waals surface area (Å²) in [6.07, 6.45) is 0.692. The molecule has 0 unspecified atom stereocenters. The number of amides is 3. The number of carbonyl (C=O) groups excluding carboxylic acids is 2. The number of anilines is 1. The van der Waals surface area contributed by atoms with E-state index in [1.54, 1.807) is 31.4 Å². The van der Waals surface area contributed by atoms with Crippen LogP contribution < -0.4 is 20.1 Å². The van der Waals surface area contributed by atoms with Crippen LogP contribution in [0.2, 0.25) is 0 Å². The number of methoxy groups -OCH3 is 1. The van der Waals surface area contributed by atoms with Crippen molar-refractivity contribution in [3.8, 4) is 5.75 Å². The van der Waals surface area contributed by atoms with Crippen LogP contribution in [0.25, 0.3) is 0 Å². The summed E-state index contributed by atoms with van der Waals surface area (Å²) < 4.78 is 6.28. The lowest BCUT2D eigenvalue weighted by Crippen LogP contribution is -2.35. The van der Waals surface area contributed by atoms with Gasteiger partial charge in [0.1, 0.15) is 5.75 Å². The minimum absolute atomic E-state index is 0.348. The number of thiol groups is 1. The van der Waals surface area contributed by atoms with Crippen molar-refractivity contribution in [2.24, 2.45) is 5.73 Å². The zero-order chi connectivity index (χ0) is 17.5. The van der Waals surface area contributed by atoms with E-state index in [-0.39, 0.29) is 6.03 Å². The number of primary amides is 1. The Balaban J connectivity index is 1.85. The van der Waals surface area contributed by atoms with Gasteiger partial charge in [-0.15, -0.1) is 0 Å². The normalized spacial score (nSPS) is 10.1. The van der Waals surface area contributed by atoms with Gasteiger partial charge >= 0.3 is 6.03 Å². The van der Waals surface area contributed by atoms with E-state index in [0.717, 1.165) is 11.3 Å². The molecule has 0 heterocycles. The molecule has 0 aliphatic rings. The molecule has 7 heteroatoms. The van der Waals surface area contributed by atoms with Crippen molar-refractivity contribution in [3.05, 3.63) is 59.7 Å². The van der Waals surface area contributed by atoms with Gasteiger partial charge in [-0.2, -0.15) is 0 Å². The Morgan fingerprint density at radius 1 is 1.12 bits per heavy atom. The highest BCUT2D eigenvalue weighted by atomic mass is 32.1. The van der Waals surface area contributed by atoms with Crippen LogP contribution in [0.3, 0.4) is 0 Å². The van der Waals surface area contributed by atoms with Crippen molar-refractivity contribution < 1.29 is 14.3 Å². The maximum absolute atomic E-state index is 12.1. The van der Waals surface area contributed by atoms with Crippen molar-refractivity contribution >= 4 is 30.4 Å². The first-order chi connectivity index (χ1) is 11.5. The standard InChI is InChI=1S/C17H19N3O3S/c1-23-15-8-2-12(3-9-15)10-11-19-17(22)20(24)14-6-4-13(5-7-14)16(18)21/h2-9,24H,10-11H2,1H3,(H2,18,21)(H,19,22). The van der Waals surface area contributed by atoms with E-state index in [1.165, 1.54) is 4.31 Å². The molecule has 3 amide bonds. The molecule has 3 N–H and O–H groups in total. The zero-order valence-electron chi connectivity index (χ0n) is 13.2. The summed E-state index contributed by atoms with van der Waals surface area (Å²) in [7, 11) is 1.62. The summed E-state index contributed by atoms with van der Waals surface area (Å²) in [6, 6.07) is 13.6. The van der Waals surface area contributed by atoms with Crippen molar-refractivity contribution in [3.63, 3.8) is 0 Å². The first-order valence-electron chi connectivity index (χ1n) is 7.31. The molecule has 24 heavy (non-hydrogen) atoms. The van der Waals surface area contributed by atoms with Gasteiger partial charge in [-0.25, -0.2) is 9.10 Å². The summed E-state index contributed by atoms with van der Waals surface area (Å²) in [5.41, 5.74) is 7.19. The fourth-order valence-corrected chi connectivity index (χ4v) is 2.27.